The molecule has 3 rings (SSSR count). The van der Waals surface area contributed by atoms with E-state index in [1.54, 1.807) is 13.0 Å². The zero-order valence-corrected chi connectivity index (χ0v) is 18.0. The van der Waals surface area contributed by atoms with Crippen molar-refractivity contribution in [3.05, 3.63) is 77.0 Å². The average Bonchev–Trinajstić information content (AvgIpc) is 3.06. The van der Waals surface area contributed by atoms with Crippen LogP contribution in [0.15, 0.2) is 54.6 Å². The molecule has 0 atom stereocenters. The molecule has 0 aliphatic rings. The summed E-state index contributed by atoms with van der Waals surface area (Å²) in [6.45, 7) is 7.26. The van der Waals surface area contributed by atoms with Crippen LogP contribution in [0.1, 0.15) is 52.7 Å². The second kappa shape index (κ2) is 8.49. The Morgan fingerprint density at radius 1 is 0.906 bits per heavy atom. The third kappa shape index (κ3) is 5.54. The number of carbonyl (C=O) groups is 2. The van der Waals surface area contributed by atoms with Crippen LogP contribution in [0.4, 0.5) is 19.0 Å². The van der Waals surface area contributed by atoms with Crippen molar-refractivity contribution in [1.29, 1.82) is 0 Å². The number of aromatic nitrogens is 2. The van der Waals surface area contributed by atoms with E-state index in [-0.39, 0.29) is 23.0 Å². The highest BCUT2D eigenvalue weighted by atomic mass is 19.4. The number of amides is 2. The number of rotatable bonds is 4. The normalized spacial score (nSPS) is 11.8. The summed E-state index contributed by atoms with van der Waals surface area (Å²) in [5, 5.41) is 9.71. The summed E-state index contributed by atoms with van der Waals surface area (Å²) < 4.78 is 40.5. The van der Waals surface area contributed by atoms with Crippen molar-refractivity contribution in [3.63, 3.8) is 0 Å². The summed E-state index contributed by atoms with van der Waals surface area (Å²) in [4.78, 5) is 24.9. The molecule has 2 N–H and O–H groups in total. The minimum atomic E-state index is -4.50. The van der Waals surface area contributed by atoms with Gasteiger partial charge >= 0.3 is 6.18 Å². The van der Waals surface area contributed by atoms with Crippen molar-refractivity contribution in [2.75, 3.05) is 5.32 Å². The molecule has 0 fully saturated rings. The van der Waals surface area contributed by atoms with Crippen LogP contribution in [-0.2, 0) is 6.18 Å². The smallest absolute Gasteiger partial charge is 0.347 e. The minimum absolute atomic E-state index is 0.164. The third-order valence-corrected chi connectivity index (χ3v) is 4.39. The van der Waals surface area contributed by atoms with Crippen LogP contribution < -0.4 is 10.6 Å². The second-order valence-electron chi connectivity index (χ2n) is 8.37. The second-order valence-corrected chi connectivity index (χ2v) is 8.37. The molecule has 9 heteroatoms. The van der Waals surface area contributed by atoms with Gasteiger partial charge in [0.25, 0.3) is 11.8 Å². The highest BCUT2D eigenvalue weighted by Gasteiger charge is 2.30. The van der Waals surface area contributed by atoms with Crippen LogP contribution in [0.2, 0.25) is 0 Å². The standard InChI is InChI=1S/C23H23F3N4O2/c1-14-12-19(30(29-14)18-7-5-6-17(13-18)23(24,25)26)27-20(31)15-8-10-16(11-9-15)21(32)28-22(2,3)4/h5-13H,1-4H3,(H,27,31)(H,28,32). The maximum atomic E-state index is 13.1. The first-order chi connectivity index (χ1) is 14.8. The first kappa shape index (κ1) is 23.1. The number of aryl methyl sites for hydroxylation is 1. The molecule has 0 aliphatic carbocycles. The lowest BCUT2D eigenvalue weighted by Crippen LogP contribution is -2.40. The van der Waals surface area contributed by atoms with E-state index in [1.165, 1.54) is 41.1 Å². The van der Waals surface area contributed by atoms with Crippen molar-refractivity contribution < 1.29 is 22.8 Å². The zero-order chi connectivity index (χ0) is 23.7. The molecule has 0 radical (unpaired) electrons. The van der Waals surface area contributed by atoms with Crippen LogP contribution >= 0.6 is 0 Å². The Kier molecular flexibility index (Phi) is 6.11. The number of benzene rings is 2. The number of nitrogens with one attached hydrogen (secondary N) is 2. The molecule has 0 saturated carbocycles. The van der Waals surface area contributed by atoms with E-state index in [0.717, 1.165) is 12.1 Å². The van der Waals surface area contributed by atoms with E-state index in [1.807, 2.05) is 20.8 Å². The molecule has 0 bridgehead atoms. The van der Waals surface area contributed by atoms with Gasteiger partial charge in [0.2, 0.25) is 0 Å². The van der Waals surface area contributed by atoms with Gasteiger partial charge in [0.1, 0.15) is 5.82 Å². The summed E-state index contributed by atoms with van der Waals surface area (Å²) in [7, 11) is 0. The maximum absolute atomic E-state index is 13.1. The number of hydrogen-bond donors (Lipinski definition) is 2. The summed E-state index contributed by atoms with van der Waals surface area (Å²) >= 11 is 0. The predicted molar refractivity (Wildman–Crippen MR) is 115 cm³/mol. The van der Waals surface area contributed by atoms with Gasteiger partial charge in [-0.2, -0.15) is 18.3 Å². The predicted octanol–water partition coefficient (Wildman–Crippen LogP) is 4.98. The molecule has 32 heavy (non-hydrogen) atoms. The third-order valence-electron chi connectivity index (χ3n) is 4.39. The van der Waals surface area contributed by atoms with Gasteiger partial charge < -0.3 is 10.6 Å². The molecule has 168 valence electrons. The Morgan fingerprint density at radius 2 is 1.50 bits per heavy atom. The molecule has 2 aromatic carbocycles. The molecule has 0 unspecified atom stereocenters. The highest BCUT2D eigenvalue weighted by Crippen LogP contribution is 2.31. The number of alkyl halides is 3. The van der Waals surface area contributed by atoms with Gasteiger partial charge in [-0.3, -0.25) is 9.59 Å². The van der Waals surface area contributed by atoms with Crippen molar-refractivity contribution in [2.45, 2.75) is 39.4 Å². The maximum Gasteiger partial charge on any atom is 0.416 e. The number of anilines is 1. The molecule has 2 amide bonds. The van der Waals surface area contributed by atoms with Crippen LogP contribution in [0.25, 0.3) is 5.69 Å². The van der Waals surface area contributed by atoms with Crippen molar-refractivity contribution in [1.82, 2.24) is 15.1 Å². The summed E-state index contributed by atoms with van der Waals surface area (Å²) in [6.07, 6.45) is -4.50. The number of carbonyl (C=O) groups excluding carboxylic acids is 2. The summed E-state index contributed by atoms with van der Waals surface area (Å²) in [5.74, 6) is -0.523. The van der Waals surface area contributed by atoms with Crippen molar-refractivity contribution in [2.24, 2.45) is 0 Å². The van der Waals surface area contributed by atoms with Gasteiger partial charge in [-0.25, -0.2) is 4.68 Å². The highest BCUT2D eigenvalue weighted by molar-refractivity contribution is 6.04. The first-order valence-electron chi connectivity index (χ1n) is 9.82. The Bertz CT molecular complexity index is 1140. The number of hydrogen-bond acceptors (Lipinski definition) is 3. The monoisotopic (exact) mass is 444 g/mol. The molecule has 0 spiro atoms. The summed E-state index contributed by atoms with van der Waals surface area (Å²) in [6, 6.07) is 12.3. The summed E-state index contributed by atoms with van der Waals surface area (Å²) in [5.41, 5.74) is 0.161. The van der Waals surface area contributed by atoms with Gasteiger partial charge in [-0.15, -0.1) is 0 Å². The Labute approximate surface area is 183 Å². The molecule has 3 aromatic rings. The largest absolute Gasteiger partial charge is 0.416 e. The van der Waals surface area contributed by atoms with E-state index < -0.39 is 23.2 Å². The fraction of sp³-hybridized carbons (Fsp3) is 0.261. The topological polar surface area (TPSA) is 76.0 Å². The Balaban J connectivity index is 1.82. The van der Waals surface area contributed by atoms with Crippen LogP contribution in [-0.4, -0.2) is 27.1 Å². The SMILES string of the molecule is Cc1cc(NC(=O)c2ccc(C(=O)NC(C)(C)C)cc2)n(-c2cccc(C(F)(F)F)c2)n1. The Hall–Kier alpha value is -3.62. The van der Waals surface area contributed by atoms with Gasteiger partial charge in [0, 0.05) is 22.7 Å². The molecule has 1 aromatic heterocycles. The van der Waals surface area contributed by atoms with Gasteiger partial charge in [0.15, 0.2) is 0 Å². The van der Waals surface area contributed by atoms with Crippen molar-refractivity contribution in [3.8, 4) is 5.69 Å². The van der Waals surface area contributed by atoms with E-state index >= 15 is 0 Å². The minimum Gasteiger partial charge on any atom is -0.347 e. The van der Waals surface area contributed by atoms with Crippen LogP contribution in [0, 0.1) is 6.92 Å². The van der Waals surface area contributed by atoms with Crippen molar-refractivity contribution >= 4 is 17.6 Å². The fourth-order valence-corrected chi connectivity index (χ4v) is 2.97. The first-order valence-corrected chi connectivity index (χ1v) is 9.82. The van der Waals surface area contributed by atoms with E-state index in [2.05, 4.69) is 15.7 Å². The van der Waals surface area contributed by atoms with E-state index in [0.29, 0.717) is 11.3 Å². The molecule has 0 saturated heterocycles. The van der Waals surface area contributed by atoms with Crippen LogP contribution in [0.5, 0.6) is 0 Å². The van der Waals surface area contributed by atoms with E-state index in [9.17, 15) is 22.8 Å². The van der Waals surface area contributed by atoms with Crippen LogP contribution in [0.3, 0.4) is 0 Å². The lowest BCUT2D eigenvalue weighted by Gasteiger charge is -2.20. The average molecular weight is 444 g/mol. The van der Waals surface area contributed by atoms with Gasteiger partial charge in [0.05, 0.1) is 16.9 Å². The lowest BCUT2D eigenvalue weighted by molar-refractivity contribution is -0.137. The molecule has 0 aliphatic heterocycles. The van der Waals surface area contributed by atoms with Gasteiger partial charge in [-0.1, -0.05) is 6.07 Å². The van der Waals surface area contributed by atoms with Gasteiger partial charge in [-0.05, 0) is 70.2 Å². The number of halogens is 3. The molecule has 6 nitrogen and oxygen atoms in total. The fourth-order valence-electron chi connectivity index (χ4n) is 2.97. The molecular formula is C23H23F3N4O2. The molecular weight excluding hydrogens is 421 g/mol. The van der Waals surface area contributed by atoms with E-state index in [4.69, 9.17) is 0 Å². The Morgan fingerprint density at radius 3 is 2.06 bits per heavy atom. The quantitative estimate of drug-likeness (QED) is 0.596. The molecule has 1 heterocycles. The number of nitrogens with zero attached hydrogens (tertiary/aromatic N) is 2. The zero-order valence-electron chi connectivity index (χ0n) is 18.0. The lowest BCUT2D eigenvalue weighted by atomic mass is 10.1.